The van der Waals surface area contributed by atoms with Crippen LogP contribution < -0.4 is 0 Å². The van der Waals surface area contributed by atoms with Gasteiger partial charge in [-0.25, -0.2) is 0 Å². The first-order valence-corrected chi connectivity index (χ1v) is 10.3. The molecule has 0 aromatic heterocycles. The lowest BCUT2D eigenvalue weighted by molar-refractivity contribution is -0.151. The van der Waals surface area contributed by atoms with Crippen molar-refractivity contribution in [2.45, 2.75) is 90.2 Å². The Morgan fingerprint density at radius 1 is 1.30 bits per heavy atom. The van der Waals surface area contributed by atoms with Gasteiger partial charge in [0.1, 0.15) is 6.10 Å². The summed E-state index contributed by atoms with van der Waals surface area (Å²) in [5.41, 5.74) is 0. The molecule has 1 rings (SSSR count). The van der Waals surface area contributed by atoms with Crippen molar-refractivity contribution >= 4 is 14.6 Å². The van der Waals surface area contributed by atoms with Gasteiger partial charge in [-0.05, 0) is 38.9 Å². The molecule has 0 saturated carbocycles. The average Bonchev–Trinajstić information content (AvgIpc) is 2.50. The second-order valence-electron chi connectivity index (χ2n) is 7.70. The molecule has 0 aromatic rings. The van der Waals surface area contributed by atoms with Crippen molar-refractivity contribution < 1.29 is 18.7 Å². The third-order valence-electron chi connectivity index (χ3n) is 4.22. The highest BCUT2D eigenvalue weighted by Gasteiger charge is 2.43. The Kier molecular flexibility index (Phi) is 5.23. The lowest BCUT2D eigenvalue weighted by Crippen LogP contribution is -2.44. The summed E-state index contributed by atoms with van der Waals surface area (Å²) in [5, 5.41) is 0.178. The topological polar surface area (TPSA) is 44.8 Å². The molecule has 0 aromatic carbocycles. The number of carbonyl (C=O) groups excluding carboxylic acids is 1. The smallest absolute Gasteiger partial charge is 0.192 e. The summed E-state index contributed by atoms with van der Waals surface area (Å²) in [6.45, 7) is 16.9. The van der Waals surface area contributed by atoms with E-state index in [1.165, 1.54) is 0 Å². The maximum Gasteiger partial charge on any atom is 0.192 e. The van der Waals surface area contributed by atoms with Crippen LogP contribution >= 0.6 is 0 Å². The molecule has 0 amide bonds. The van der Waals surface area contributed by atoms with Crippen LogP contribution in [0.1, 0.15) is 48.0 Å². The molecule has 118 valence electrons. The van der Waals surface area contributed by atoms with Gasteiger partial charge in [-0.15, -0.1) is 0 Å². The largest absolute Gasteiger partial charge is 0.414 e. The van der Waals surface area contributed by atoms with Gasteiger partial charge in [0.2, 0.25) is 0 Å². The maximum atomic E-state index is 11.1. The van der Waals surface area contributed by atoms with Crippen LogP contribution in [-0.2, 0) is 18.7 Å². The Morgan fingerprint density at radius 3 is 2.30 bits per heavy atom. The molecule has 1 aliphatic heterocycles. The van der Waals surface area contributed by atoms with Gasteiger partial charge < -0.3 is 18.7 Å². The number of carbonyl (C=O) groups is 1. The van der Waals surface area contributed by atoms with Gasteiger partial charge in [0.25, 0.3) is 0 Å². The minimum atomic E-state index is -1.79. The quantitative estimate of drug-likeness (QED) is 0.576. The molecular weight excluding hydrogens is 272 g/mol. The van der Waals surface area contributed by atoms with Crippen molar-refractivity contribution in [2.75, 3.05) is 0 Å². The summed E-state index contributed by atoms with van der Waals surface area (Å²) in [5.74, 6) is -0.688. The molecule has 0 bridgehead atoms. The Hall–Kier alpha value is -0.233. The van der Waals surface area contributed by atoms with Gasteiger partial charge in [0, 0.05) is 12.5 Å². The molecule has 3 atom stereocenters. The van der Waals surface area contributed by atoms with E-state index in [9.17, 15) is 4.79 Å². The first-order chi connectivity index (χ1) is 8.88. The minimum absolute atomic E-state index is 0.0563. The van der Waals surface area contributed by atoms with Crippen molar-refractivity contribution in [1.29, 1.82) is 0 Å². The standard InChI is InChI=1S/C15H30O4Si/c1-11(19-20(7,8)14(2,3)4)9-12-13(10-16)18-15(5,6)17-12/h10-13H,9H2,1-8H3/t11-,12-,13-/m0/s1. The van der Waals surface area contributed by atoms with Crippen molar-refractivity contribution in [3.8, 4) is 0 Å². The zero-order chi connectivity index (χ0) is 15.8. The van der Waals surface area contributed by atoms with Crippen molar-refractivity contribution in [2.24, 2.45) is 0 Å². The Morgan fingerprint density at radius 2 is 1.85 bits per heavy atom. The highest BCUT2D eigenvalue weighted by Crippen LogP contribution is 2.38. The van der Waals surface area contributed by atoms with E-state index in [1.807, 2.05) is 13.8 Å². The van der Waals surface area contributed by atoms with Crippen molar-refractivity contribution in [3.63, 3.8) is 0 Å². The summed E-state index contributed by atoms with van der Waals surface area (Å²) in [6.07, 6.45) is 0.858. The molecule has 1 fully saturated rings. The van der Waals surface area contributed by atoms with Gasteiger partial charge in [-0.1, -0.05) is 20.8 Å². The normalized spacial score (nSPS) is 28.4. The van der Waals surface area contributed by atoms with Gasteiger partial charge >= 0.3 is 0 Å². The summed E-state index contributed by atoms with van der Waals surface area (Å²) < 4.78 is 17.7. The van der Waals surface area contributed by atoms with Gasteiger partial charge in [0.05, 0.1) is 6.10 Å². The molecule has 0 aliphatic carbocycles. The van der Waals surface area contributed by atoms with E-state index in [0.717, 1.165) is 6.29 Å². The fourth-order valence-corrected chi connectivity index (χ4v) is 3.67. The highest BCUT2D eigenvalue weighted by molar-refractivity contribution is 6.74. The number of hydrogen-bond acceptors (Lipinski definition) is 4. The molecule has 0 spiro atoms. The van der Waals surface area contributed by atoms with Crippen LogP contribution in [0.5, 0.6) is 0 Å². The molecule has 1 saturated heterocycles. The highest BCUT2D eigenvalue weighted by atomic mass is 28.4. The monoisotopic (exact) mass is 302 g/mol. The molecule has 1 aliphatic rings. The van der Waals surface area contributed by atoms with Crippen LogP contribution in [0.15, 0.2) is 0 Å². The van der Waals surface area contributed by atoms with Crippen LogP contribution in [0.2, 0.25) is 18.1 Å². The fourth-order valence-electron chi connectivity index (χ4n) is 2.22. The molecule has 0 radical (unpaired) electrons. The summed E-state index contributed by atoms with van der Waals surface area (Å²) in [4.78, 5) is 11.1. The van der Waals surface area contributed by atoms with Gasteiger partial charge in [-0.2, -0.15) is 0 Å². The van der Waals surface area contributed by atoms with Crippen molar-refractivity contribution in [1.82, 2.24) is 0 Å². The molecule has 5 heteroatoms. The zero-order valence-electron chi connectivity index (χ0n) is 14.1. The fraction of sp³-hybridized carbons (Fsp3) is 0.933. The first kappa shape index (κ1) is 17.8. The molecule has 20 heavy (non-hydrogen) atoms. The van der Waals surface area contributed by atoms with Crippen LogP contribution in [-0.4, -0.2) is 38.7 Å². The zero-order valence-corrected chi connectivity index (χ0v) is 15.1. The number of ether oxygens (including phenoxy) is 2. The minimum Gasteiger partial charge on any atom is -0.414 e. The van der Waals surface area contributed by atoms with E-state index in [-0.39, 0.29) is 17.2 Å². The second-order valence-corrected chi connectivity index (χ2v) is 12.5. The lowest BCUT2D eigenvalue weighted by atomic mass is 10.1. The number of rotatable bonds is 5. The first-order valence-electron chi connectivity index (χ1n) is 7.37. The third kappa shape index (κ3) is 4.38. The predicted octanol–water partition coefficient (Wildman–Crippen LogP) is 3.51. The molecule has 1 heterocycles. The number of aldehydes is 1. The predicted molar refractivity (Wildman–Crippen MR) is 82.3 cm³/mol. The molecule has 0 unspecified atom stereocenters. The van der Waals surface area contributed by atoms with Crippen LogP contribution in [0.25, 0.3) is 0 Å². The van der Waals surface area contributed by atoms with Crippen LogP contribution in [0.3, 0.4) is 0 Å². The Labute approximate surface area is 124 Å². The van der Waals surface area contributed by atoms with Gasteiger partial charge in [0.15, 0.2) is 20.4 Å². The maximum absolute atomic E-state index is 11.1. The summed E-state index contributed by atoms with van der Waals surface area (Å²) in [6, 6.07) is 0. The lowest BCUT2D eigenvalue weighted by Gasteiger charge is -2.39. The summed E-state index contributed by atoms with van der Waals surface area (Å²) >= 11 is 0. The molecular formula is C15H30O4Si. The van der Waals surface area contributed by atoms with E-state index in [0.29, 0.717) is 6.42 Å². The van der Waals surface area contributed by atoms with Gasteiger partial charge in [-0.3, -0.25) is 0 Å². The SMILES string of the molecule is C[C@@H](C[C@@H]1OC(C)(C)O[C@H]1C=O)O[Si](C)(C)C(C)(C)C. The van der Waals surface area contributed by atoms with Crippen molar-refractivity contribution in [3.05, 3.63) is 0 Å². The number of hydrogen-bond donors (Lipinski definition) is 0. The van der Waals surface area contributed by atoms with Crippen LogP contribution in [0.4, 0.5) is 0 Å². The van der Waals surface area contributed by atoms with E-state index in [2.05, 4.69) is 40.8 Å². The molecule has 4 nitrogen and oxygen atoms in total. The summed E-state index contributed by atoms with van der Waals surface area (Å²) in [7, 11) is -1.79. The molecule has 0 N–H and O–H groups in total. The van der Waals surface area contributed by atoms with E-state index in [1.54, 1.807) is 0 Å². The third-order valence-corrected chi connectivity index (χ3v) is 8.83. The van der Waals surface area contributed by atoms with E-state index in [4.69, 9.17) is 13.9 Å². The average molecular weight is 302 g/mol. The van der Waals surface area contributed by atoms with E-state index >= 15 is 0 Å². The Bertz CT molecular complexity index is 346. The Balaban J connectivity index is 2.63. The second kappa shape index (κ2) is 5.87. The van der Waals surface area contributed by atoms with Crippen LogP contribution in [0, 0.1) is 0 Å². The van der Waals surface area contributed by atoms with E-state index < -0.39 is 20.2 Å².